The van der Waals surface area contributed by atoms with Crippen molar-refractivity contribution in [3.05, 3.63) is 89.1 Å². The lowest BCUT2D eigenvalue weighted by molar-refractivity contribution is -0.142. The SMILES string of the molecule is O=C(C1CCCCC1c1ccccc1)N1CCC(O)(Cn2cnc3c(cnn3-c3ccccc3)c2=O)CC1. The molecule has 1 aliphatic heterocycles. The van der Waals surface area contributed by atoms with E-state index < -0.39 is 5.60 Å². The first-order valence-electron chi connectivity index (χ1n) is 13.6. The molecule has 1 aliphatic carbocycles. The molecule has 4 aromatic rings. The van der Waals surface area contributed by atoms with Gasteiger partial charge in [-0.25, -0.2) is 9.67 Å². The molecule has 2 unspecified atom stereocenters. The van der Waals surface area contributed by atoms with E-state index in [0.29, 0.717) is 37.0 Å². The van der Waals surface area contributed by atoms with Crippen LogP contribution in [-0.2, 0) is 11.3 Å². The summed E-state index contributed by atoms with van der Waals surface area (Å²) in [5.74, 6) is 0.452. The Morgan fingerprint density at radius 1 is 0.974 bits per heavy atom. The number of para-hydroxylation sites is 1. The molecular weight excluding hydrogens is 478 g/mol. The molecule has 8 heteroatoms. The number of rotatable bonds is 5. The number of piperidine rings is 1. The monoisotopic (exact) mass is 511 g/mol. The molecule has 2 aromatic heterocycles. The first kappa shape index (κ1) is 24.6. The van der Waals surface area contributed by atoms with E-state index in [-0.39, 0.29) is 29.8 Å². The molecule has 8 nitrogen and oxygen atoms in total. The predicted octanol–water partition coefficient (Wildman–Crippen LogP) is 3.91. The van der Waals surface area contributed by atoms with Gasteiger partial charge in [-0.3, -0.25) is 14.2 Å². The quantitative estimate of drug-likeness (QED) is 0.439. The minimum Gasteiger partial charge on any atom is -0.388 e. The van der Waals surface area contributed by atoms with Crippen molar-refractivity contribution in [3.8, 4) is 5.69 Å². The molecule has 2 aromatic carbocycles. The maximum Gasteiger partial charge on any atom is 0.264 e. The van der Waals surface area contributed by atoms with Gasteiger partial charge in [-0.05, 0) is 49.3 Å². The first-order valence-corrected chi connectivity index (χ1v) is 13.6. The third-order valence-electron chi connectivity index (χ3n) is 8.34. The van der Waals surface area contributed by atoms with Gasteiger partial charge in [-0.1, -0.05) is 61.4 Å². The highest BCUT2D eigenvalue weighted by molar-refractivity contribution is 5.80. The minimum absolute atomic E-state index is 0.00674. The Labute approximate surface area is 221 Å². The normalized spacial score (nSPS) is 21.4. The zero-order valence-corrected chi connectivity index (χ0v) is 21.4. The van der Waals surface area contributed by atoms with Crippen LogP contribution in [0.2, 0.25) is 0 Å². The molecule has 6 rings (SSSR count). The summed E-state index contributed by atoms with van der Waals surface area (Å²) in [6.45, 7) is 1.12. The summed E-state index contributed by atoms with van der Waals surface area (Å²) in [6.07, 6.45) is 8.07. The number of likely N-dealkylation sites (tertiary alicyclic amines) is 1. The van der Waals surface area contributed by atoms with E-state index in [4.69, 9.17) is 0 Å². The van der Waals surface area contributed by atoms with Gasteiger partial charge in [0, 0.05) is 19.0 Å². The van der Waals surface area contributed by atoms with Crippen molar-refractivity contribution >= 4 is 16.9 Å². The van der Waals surface area contributed by atoms with E-state index >= 15 is 0 Å². The number of aromatic nitrogens is 4. The highest BCUT2D eigenvalue weighted by Crippen LogP contribution is 2.39. The lowest BCUT2D eigenvalue weighted by atomic mass is 9.74. The second-order valence-corrected chi connectivity index (χ2v) is 10.8. The van der Waals surface area contributed by atoms with Crippen molar-refractivity contribution in [3.63, 3.8) is 0 Å². The van der Waals surface area contributed by atoms with Crippen LogP contribution in [0, 0.1) is 5.92 Å². The molecule has 1 amide bonds. The van der Waals surface area contributed by atoms with Crippen LogP contribution in [-0.4, -0.2) is 53.9 Å². The summed E-state index contributed by atoms with van der Waals surface area (Å²) in [4.78, 5) is 33.3. The van der Waals surface area contributed by atoms with Crippen LogP contribution in [0.25, 0.3) is 16.7 Å². The molecule has 2 atom stereocenters. The lowest BCUT2D eigenvalue weighted by Gasteiger charge is -2.41. The number of carbonyl (C=O) groups excluding carboxylic acids is 1. The van der Waals surface area contributed by atoms with Crippen LogP contribution in [0.15, 0.2) is 78.0 Å². The van der Waals surface area contributed by atoms with Gasteiger partial charge < -0.3 is 10.0 Å². The summed E-state index contributed by atoms with van der Waals surface area (Å²) in [7, 11) is 0. The average Bonchev–Trinajstić information content (AvgIpc) is 3.40. The molecule has 0 spiro atoms. The fraction of sp³-hybridized carbons (Fsp3) is 0.400. The number of nitrogens with zero attached hydrogens (tertiary/aromatic N) is 5. The molecule has 0 bridgehead atoms. The van der Waals surface area contributed by atoms with E-state index in [9.17, 15) is 14.7 Å². The molecule has 0 radical (unpaired) electrons. The highest BCUT2D eigenvalue weighted by Gasteiger charge is 2.39. The van der Waals surface area contributed by atoms with Crippen LogP contribution in [0.5, 0.6) is 0 Å². The standard InChI is InChI=1S/C30H33N5O3/c36-28(25-14-8-7-13-24(25)22-9-3-1-4-10-22)33-17-15-30(38,16-18-33)20-34-21-31-27-26(29(34)37)19-32-35(27)23-11-5-2-6-12-23/h1-6,9-12,19,21,24-25,38H,7-8,13-18,20H2. The minimum atomic E-state index is -1.07. The Morgan fingerprint density at radius 2 is 1.66 bits per heavy atom. The number of hydrogen-bond donors (Lipinski definition) is 1. The molecule has 3 heterocycles. The molecule has 1 saturated carbocycles. The smallest absolute Gasteiger partial charge is 0.264 e. The van der Waals surface area contributed by atoms with E-state index in [0.717, 1.165) is 31.4 Å². The first-order chi connectivity index (χ1) is 18.5. The Balaban J connectivity index is 1.15. The van der Waals surface area contributed by atoms with Crippen LogP contribution in [0.4, 0.5) is 0 Å². The molecule has 1 N–H and O–H groups in total. The number of hydrogen-bond acceptors (Lipinski definition) is 5. The summed E-state index contributed by atoms with van der Waals surface area (Å²) < 4.78 is 3.12. The van der Waals surface area contributed by atoms with E-state index in [1.807, 2.05) is 53.4 Å². The fourth-order valence-corrected chi connectivity index (χ4v) is 6.20. The summed E-state index contributed by atoms with van der Waals surface area (Å²) in [5, 5.41) is 16.2. The highest BCUT2D eigenvalue weighted by atomic mass is 16.3. The topological polar surface area (TPSA) is 93.2 Å². The Bertz CT molecular complexity index is 1470. The number of benzene rings is 2. The van der Waals surface area contributed by atoms with Gasteiger partial charge in [0.15, 0.2) is 5.65 Å². The van der Waals surface area contributed by atoms with Crippen molar-refractivity contribution in [2.75, 3.05) is 13.1 Å². The van der Waals surface area contributed by atoms with Crippen LogP contribution in [0.1, 0.15) is 50.0 Å². The Hall–Kier alpha value is -3.78. The van der Waals surface area contributed by atoms with Gasteiger partial charge in [0.1, 0.15) is 11.7 Å². The second-order valence-electron chi connectivity index (χ2n) is 10.8. The molecule has 1 saturated heterocycles. The number of carbonyl (C=O) groups is 1. The average molecular weight is 512 g/mol. The maximum absolute atomic E-state index is 13.6. The summed E-state index contributed by atoms with van der Waals surface area (Å²) in [5.41, 5.74) is 1.27. The largest absolute Gasteiger partial charge is 0.388 e. The molecule has 196 valence electrons. The Kier molecular flexibility index (Phi) is 6.57. The van der Waals surface area contributed by atoms with Crippen molar-refractivity contribution in [2.45, 2.75) is 56.6 Å². The summed E-state index contributed by atoms with van der Waals surface area (Å²) in [6, 6.07) is 19.9. The molecule has 2 aliphatic rings. The maximum atomic E-state index is 13.6. The van der Waals surface area contributed by atoms with Crippen molar-refractivity contribution in [2.24, 2.45) is 5.92 Å². The van der Waals surface area contributed by atoms with Gasteiger partial charge in [0.25, 0.3) is 5.56 Å². The number of aliphatic hydroxyl groups is 1. The Morgan fingerprint density at radius 3 is 2.39 bits per heavy atom. The second kappa shape index (κ2) is 10.2. The predicted molar refractivity (Wildman–Crippen MR) is 145 cm³/mol. The fourth-order valence-electron chi connectivity index (χ4n) is 6.20. The lowest BCUT2D eigenvalue weighted by Crippen LogP contribution is -2.51. The number of amides is 1. The van der Waals surface area contributed by atoms with Gasteiger partial charge >= 0.3 is 0 Å². The van der Waals surface area contributed by atoms with Crippen LogP contribution in [0.3, 0.4) is 0 Å². The van der Waals surface area contributed by atoms with Crippen molar-refractivity contribution < 1.29 is 9.90 Å². The van der Waals surface area contributed by atoms with Crippen LogP contribution >= 0.6 is 0 Å². The van der Waals surface area contributed by atoms with Gasteiger partial charge in [-0.15, -0.1) is 0 Å². The van der Waals surface area contributed by atoms with Gasteiger partial charge in [-0.2, -0.15) is 5.10 Å². The van der Waals surface area contributed by atoms with Crippen LogP contribution < -0.4 is 5.56 Å². The third-order valence-corrected chi connectivity index (χ3v) is 8.34. The molecule has 38 heavy (non-hydrogen) atoms. The van der Waals surface area contributed by atoms with Gasteiger partial charge in [0.05, 0.1) is 24.0 Å². The van der Waals surface area contributed by atoms with E-state index in [1.54, 1.807) is 4.68 Å². The zero-order chi connectivity index (χ0) is 26.1. The number of fused-ring (bicyclic) bond motifs is 1. The molecule has 2 fully saturated rings. The van der Waals surface area contributed by atoms with Crippen molar-refractivity contribution in [1.82, 2.24) is 24.2 Å². The van der Waals surface area contributed by atoms with E-state index in [2.05, 4.69) is 22.2 Å². The third kappa shape index (κ3) is 4.65. The van der Waals surface area contributed by atoms with E-state index in [1.165, 1.54) is 22.7 Å². The zero-order valence-electron chi connectivity index (χ0n) is 21.4. The van der Waals surface area contributed by atoms with Crippen molar-refractivity contribution in [1.29, 1.82) is 0 Å². The molecular formula is C30H33N5O3. The summed E-state index contributed by atoms with van der Waals surface area (Å²) >= 11 is 0. The van der Waals surface area contributed by atoms with Gasteiger partial charge in [0.2, 0.25) is 5.91 Å².